The van der Waals surface area contributed by atoms with E-state index in [1.165, 1.54) is 11.8 Å². The molecule has 0 unspecified atom stereocenters. The Morgan fingerprint density at radius 3 is 2.45 bits per heavy atom. The molecule has 0 atom stereocenters. The second kappa shape index (κ2) is 10.6. The molecule has 2 heterocycles. The van der Waals surface area contributed by atoms with Crippen LogP contribution in [0.4, 0.5) is 5.69 Å². The van der Waals surface area contributed by atoms with Crippen molar-refractivity contribution in [2.75, 3.05) is 31.1 Å². The molecule has 1 N–H and O–H groups in total. The van der Waals surface area contributed by atoms with E-state index in [1.54, 1.807) is 6.92 Å². The third kappa shape index (κ3) is 6.10. The summed E-state index contributed by atoms with van der Waals surface area (Å²) < 4.78 is 0. The minimum atomic E-state index is -0.260. The van der Waals surface area contributed by atoms with Crippen molar-refractivity contribution in [1.29, 1.82) is 0 Å². The maximum atomic E-state index is 12.9. The van der Waals surface area contributed by atoms with Gasteiger partial charge in [-0.25, -0.2) is 4.98 Å². The highest BCUT2D eigenvalue weighted by Gasteiger charge is 2.23. The van der Waals surface area contributed by atoms with Crippen molar-refractivity contribution in [2.45, 2.75) is 24.3 Å². The molecule has 172 valence electrons. The number of nitrogens with one attached hydrogen (secondary N) is 1. The van der Waals surface area contributed by atoms with Gasteiger partial charge in [-0.3, -0.25) is 9.59 Å². The minimum Gasteiger partial charge on any atom is -0.368 e. The van der Waals surface area contributed by atoms with Crippen LogP contribution in [0, 0.1) is 6.92 Å². The van der Waals surface area contributed by atoms with Gasteiger partial charge in [-0.15, -0.1) is 0 Å². The fourth-order valence-corrected chi connectivity index (χ4v) is 4.96. The van der Waals surface area contributed by atoms with Gasteiger partial charge in [0, 0.05) is 58.9 Å². The molecule has 1 aliphatic heterocycles. The molecule has 1 aromatic heterocycles. The van der Waals surface area contributed by atoms with Gasteiger partial charge in [0.25, 0.3) is 5.56 Å². The lowest BCUT2D eigenvalue weighted by molar-refractivity contribution is -0.130. The highest BCUT2D eigenvalue weighted by atomic mass is 35.5. The van der Waals surface area contributed by atoms with Crippen molar-refractivity contribution in [3.63, 3.8) is 0 Å². The lowest BCUT2D eigenvalue weighted by Gasteiger charge is -2.36. The van der Waals surface area contributed by atoms with Gasteiger partial charge in [-0.05, 0) is 48.9 Å². The number of hydrogen-bond acceptors (Lipinski definition) is 5. The van der Waals surface area contributed by atoms with Crippen LogP contribution in [0.25, 0.3) is 0 Å². The number of halogens is 2. The number of amides is 1. The fraction of sp³-hybridized carbons (Fsp3) is 0.292. The van der Waals surface area contributed by atoms with Gasteiger partial charge in [0.05, 0.1) is 6.42 Å². The van der Waals surface area contributed by atoms with Crippen molar-refractivity contribution >= 4 is 46.6 Å². The number of thioether (sulfide) groups is 1. The molecule has 1 saturated heterocycles. The zero-order chi connectivity index (χ0) is 23.4. The first-order chi connectivity index (χ1) is 15.9. The molecule has 1 amide bonds. The Balaban J connectivity index is 1.35. The largest absolute Gasteiger partial charge is 0.368 e. The summed E-state index contributed by atoms with van der Waals surface area (Å²) in [7, 11) is 0. The molecule has 9 heteroatoms. The average Bonchev–Trinajstić information content (AvgIpc) is 2.81. The lowest BCUT2D eigenvalue weighted by Crippen LogP contribution is -2.49. The second-order valence-electron chi connectivity index (χ2n) is 7.87. The van der Waals surface area contributed by atoms with Crippen LogP contribution in [0.15, 0.2) is 58.5 Å². The van der Waals surface area contributed by atoms with Gasteiger partial charge in [0.1, 0.15) is 0 Å². The number of nitrogens with zero attached hydrogens (tertiary/aromatic N) is 3. The predicted molar refractivity (Wildman–Crippen MR) is 135 cm³/mol. The summed E-state index contributed by atoms with van der Waals surface area (Å²) in [6, 6.07) is 15.3. The lowest BCUT2D eigenvalue weighted by atomic mass is 10.1. The monoisotopic (exact) mass is 502 g/mol. The summed E-state index contributed by atoms with van der Waals surface area (Å²) in [4.78, 5) is 36.9. The van der Waals surface area contributed by atoms with E-state index >= 15 is 0 Å². The van der Waals surface area contributed by atoms with Crippen LogP contribution >= 0.6 is 35.0 Å². The van der Waals surface area contributed by atoms with E-state index in [2.05, 4.69) is 14.9 Å². The summed E-state index contributed by atoms with van der Waals surface area (Å²) >= 11 is 13.4. The summed E-state index contributed by atoms with van der Waals surface area (Å²) in [5, 5.41) is 1.91. The van der Waals surface area contributed by atoms with Crippen molar-refractivity contribution < 1.29 is 4.79 Å². The quantitative estimate of drug-likeness (QED) is 0.394. The molecule has 0 spiro atoms. The van der Waals surface area contributed by atoms with Crippen LogP contribution in [0.2, 0.25) is 10.0 Å². The third-order valence-corrected chi connectivity index (χ3v) is 7.05. The number of carbonyl (C=O) groups excluding carboxylic acids is 1. The Morgan fingerprint density at radius 2 is 1.79 bits per heavy atom. The molecule has 1 fully saturated rings. The first-order valence-corrected chi connectivity index (χ1v) is 12.4. The van der Waals surface area contributed by atoms with E-state index in [0.717, 1.165) is 24.3 Å². The van der Waals surface area contributed by atoms with Gasteiger partial charge in [0.2, 0.25) is 5.91 Å². The maximum Gasteiger partial charge on any atom is 0.255 e. The number of anilines is 1. The van der Waals surface area contributed by atoms with Crippen LogP contribution in [-0.4, -0.2) is 47.0 Å². The number of carbonyl (C=O) groups is 1. The molecule has 3 aromatic rings. The number of H-pyrrole nitrogens is 1. The average molecular weight is 503 g/mol. The topological polar surface area (TPSA) is 69.3 Å². The van der Waals surface area contributed by atoms with E-state index in [9.17, 15) is 9.59 Å². The molecular weight excluding hydrogens is 479 g/mol. The van der Waals surface area contributed by atoms with E-state index in [-0.39, 0.29) is 17.9 Å². The Morgan fingerprint density at radius 1 is 1.06 bits per heavy atom. The molecule has 2 aromatic carbocycles. The summed E-state index contributed by atoms with van der Waals surface area (Å²) in [6.45, 7) is 4.47. The van der Waals surface area contributed by atoms with Gasteiger partial charge in [-0.1, -0.05) is 47.1 Å². The number of hydrogen-bond donors (Lipinski definition) is 1. The normalized spacial score (nSPS) is 13.9. The number of aromatic amines is 1. The molecule has 6 nitrogen and oxygen atoms in total. The van der Waals surface area contributed by atoms with E-state index in [1.807, 2.05) is 53.4 Å². The smallest absolute Gasteiger partial charge is 0.255 e. The number of rotatable bonds is 6. The van der Waals surface area contributed by atoms with Crippen LogP contribution in [0.3, 0.4) is 0 Å². The Bertz CT molecular complexity index is 1190. The Hall–Kier alpha value is -2.48. The number of benzene rings is 2. The summed E-state index contributed by atoms with van der Waals surface area (Å²) in [5.74, 6) is 0.583. The number of aromatic nitrogens is 2. The van der Waals surface area contributed by atoms with Crippen molar-refractivity contribution in [3.8, 4) is 0 Å². The van der Waals surface area contributed by atoms with Gasteiger partial charge < -0.3 is 14.8 Å². The molecule has 0 aliphatic carbocycles. The highest BCUT2D eigenvalue weighted by molar-refractivity contribution is 7.98. The Labute approximate surface area is 206 Å². The van der Waals surface area contributed by atoms with E-state index in [4.69, 9.17) is 23.2 Å². The maximum absolute atomic E-state index is 12.9. The molecule has 0 bridgehead atoms. The van der Waals surface area contributed by atoms with Gasteiger partial charge in [0.15, 0.2) is 5.16 Å². The number of aryl methyl sites for hydroxylation is 1. The molecule has 0 saturated carbocycles. The van der Waals surface area contributed by atoms with Crippen LogP contribution in [0.5, 0.6) is 0 Å². The second-order valence-corrected chi connectivity index (χ2v) is 9.71. The SMILES string of the molecule is Cc1nc(SCc2cccc(Cl)c2)[nH]c(=O)c1CC(=O)N1CCN(c2ccc(Cl)cc2)CC1. The molecule has 1 aliphatic rings. The summed E-state index contributed by atoms with van der Waals surface area (Å²) in [6.07, 6.45) is 0.0500. The van der Waals surface area contributed by atoms with E-state index in [0.29, 0.717) is 45.3 Å². The minimum absolute atomic E-state index is 0.0500. The zero-order valence-electron chi connectivity index (χ0n) is 18.2. The van der Waals surface area contributed by atoms with Crippen molar-refractivity contribution in [1.82, 2.24) is 14.9 Å². The van der Waals surface area contributed by atoms with Crippen molar-refractivity contribution in [3.05, 3.63) is 85.8 Å². The van der Waals surface area contributed by atoms with Crippen LogP contribution < -0.4 is 10.5 Å². The highest BCUT2D eigenvalue weighted by Crippen LogP contribution is 2.22. The van der Waals surface area contributed by atoms with Gasteiger partial charge >= 0.3 is 0 Å². The molecule has 4 rings (SSSR count). The van der Waals surface area contributed by atoms with Crippen LogP contribution in [0.1, 0.15) is 16.8 Å². The molecule has 33 heavy (non-hydrogen) atoms. The summed E-state index contributed by atoms with van der Waals surface area (Å²) in [5.41, 5.74) is 2.88. The standard InChI is InChI=1S/C24H24Cl2N4O2S/c1-16-21(23(32)28-24(27-16)33-15-17-3-2-4-19(26)13-17)14-22(31)30-11-9-29(10-12-30)20-7-5-18(25)6-8-20/h2-8,13H,9-12,14-15H2,1H3,(H,27,28,32). The van der Waals surface area contributed by atoms with E-state index < -0.39 is 0 Å². The molecular formula is C24H24Cl2N4O2S. The van der Waals surface area contributed by atoms with Crippen molar-refractivity contribution in [2.24, 2.45) is 0 Å². The first kappa shape index (κ1) is 23.7. The zero-order valence-corrected chi connectivity index (χ0v) is 20.5. The fourth-order valence-electron chi connectivity index (χ4n) is 3.77. The van der Waals surface area contributed by atoms with Gasteiger partial charge in [-0.2, -0.15) is 0 Å². The first-order valence-electron chi connectivity index (χ1n) is 10.6. The van der Waals surface area contributed by atoms with Crippen LogP contribution in [-0.2, 0) is 17.0 Å². The Kier molecular flexibility index (Phi) is 7.63. The third-order valence-electron chi connectivity index (χ3n) is 5.62. The predicted octanol–water partition coefficient (Wildman–Crippen LogP) is 4.57. The number of piperazine rings is 1. The molecule has 0 radical (unpaired) electrons.